The zero-order chi connectivity index (χ0) is 16.7. The van der Waals surface area contributed by atoms with Gasteiger partial charge >= 0.3 is 6.61 Å². The quantitative estimate of drug-likeness (QED) is 0.764. The van der Waals surface area contributed by atoms with Gasteiger partial charge in [0.1, 0.15) is 5.75 Å². The number of amides is 1. The van der Waals surface area contributed by atoms with E-state index in [1.807, 2.05) is 19.1 Å². The van der Waals surface area contributed by atoms with Crippen LogP contribution in [0, 0.1) is 0 Å². The number of para-hydroxylation sites is 1. The minimum atomic E-state index is -2.89. The Morgan fingerprint density at radius 1 is 1.17 bits per heavy atom. The van der Waals surface area contributed by atoms with Crippen LogP contribution in [0.4, 0.5) is 8.78 Å². The molecule has 0 spiro atoms. The molecule has 2 rings (SSSR count). The van der Waals surface area contributed by atoms with Gasteiger partial charge in [0.05, 0.1) is 5.56 Å². The van der Waals surface area contributed by atoms with E-state index < -0.39 is 6.61 Å². The lowest BCUT2D eigenvalue weighted by Crippen LogP contribution is -2.24. The van der Waals surface area contributed by atoms with Crippen LogP contribution in [0.1, 0.15) is 22.8 Å². The lowest BCUT2D eigenvalue weighted by molar-refractivity contribution is -0.0504. The average Bonchev–Trinajstić information content (AvgIpc) is 2.54. The molecule has 1 N–H and O–H groups in total. The van der Waals surface area contributed by atoms with E-state index in [1.54, 1.807) is 42.1 Å². The fraction of sp³-hybridized carbons (Fsp3) is 0.235. The van der Waals surface area contributed by atoms with Crippen molar-refractivity contribution in [1.82, 2.24) is 5.32 Å². The van der Waals surface area contributed by atoms with E-state index in [0.29, 0.717) is 11.1 Å². The summed E-state index contributed by atoms with van der Waals surface area (Å²) in [6.45, 7) is -0.766. The molecule has 0 atom stereocenters. The predicted molar refractivity (Wildman–Crippen MR) is 87.1 cm³/mol. The second-order valence-corrected chi connectivity index (χ2v) is 5.90. The van der Waals surface area contributed by atoms with Gasteiger partial charge in [-0.2, -0.15) is 8.78 Å². The van der Waals surface area contributed by atoms with Crippen molar-refractivity contribution in [2.45, 2.75) is 25.0 Å². The highest BCUT2D eigenvalue weighted by atomic mass is 32.2. The van der Waals surface area contributed by atoms with E-state index in [1.165, 1.54) is 6.07 Å². The second kappa shape index (κ2) is 8.53. The highest BCUT2D eigenvalue weighted by Crippen LogP contribution is 2.23. The molecule has 0 aliphatic carbocycles. The molecule has 6 heteroatoms. The number of halogens is 2. The first-order valence-electron chi connectivity index (χ1n) is 7.14. The largest absolute Gasteiger partial charge is 0.434 e. The number of carbonyl (C=O) groups is 1. The molecule has 1 amide bonds. The molecule has 0 saturated carbocycles. The number of hydrogen-bond acceptors (Lipinski definition) is 3. The van der Waals surface area contributed by atoms with Crippen molar-refractivity contribution in [3.63, 3.8) is 0 Å². The van der Waals surface area contributed by atoms with E-state index in [9.17, 15) is 13.6 Å². The fourth-order valence-corrected chi connectivity index (χ4v) is 2.87. The monoisotopic (exact) mass is 337 g/mol. The Hall–Kier alpha value is -2.08. The van der Waals surface area contributed by atoms with Gasteiger partial charge in [-0.05, 0) is 24.0 Å². The highest BCUT2D eigenvalue weighted by Gasteiger charge is 2.13. The predicted octanol–water partition coefficient (Wildman–Crippen LogP) is 4.33. The van der Waals surface area contributed by atoms with E-state index >= 15 is 0 Å². The van der Waals surface area contributed by atoms with Crippen LogP contribution in [0.2, 0.25) is 0 Å². The molecule has 0 aliphatic heterocycles. The number of rotatable bonds is 7. The first-order valence-corrected chi connectivity index (χ1v) is 8.13. The molecule has 0 saturated heterocycles. The summed E-state index contributed by atoms with van der Waals surface area (Å²) in [6, 6.07) is 13.7. The zero-order valence-electron chi connectivity index (χ0n) is 12.6. The Kier molecular flexibility index (Phi) is 6.40. The minimum absolute atomic E-state index is 0.0685. The molecule has 0 aliphatic rings. The molecule has 0 aromatic heterocycles. The van der Waals surface area contributed by atoms with Gasteiger partial charge in [-0.3, -0.25) is 4.79 Å². The molecule has 2 aromatic carbocycles. The Bertz CT molecular complexity index is 665. The Morgan fingerprint density at radius 3 is 2.61 bits per heavy atom. The number of benzene rings is 2. The Balaban J connectivity index is 2.08. The number of alkyl halides is 2. The van der Waals surface area contributed by atoms with Gasteiger partial charge in [0.25, 0.3) is 5.91 Å². The van der Waals surface area contributed by atoms with Gasteiger partial charge < -0.3 is 10.1 Å². The number of carbonyl (C=O) groups excluding carboxylic acids is 1. The smallest absolute Gasteiger partial charge is 0.387 e. The van der Waals surface area contributed by atoms with Gasteiger partial charge in [0, 0.05) is 17.0 Å². The first kappa shape index (κ1) is 17.3. The molecule has 0 bridgehead atoms. The zero-order valence-corrected chi connectivity index (χ0v) is 13.4. The van der Waals surface area contributed by atoms with Crippen LogP contribution in [-0.2, 0) is 6.54 Å². The first-order chi connectivity index (χ1) is 11.1. The van der Waals surface area contributed by atoms with E-state index in [0.717, 1.165) is 10.6 Å². The van der Waals surface area contributed by atoms with Gasteiger partial charge in [-0.15, -0.1) is 11.8 Å². The van der Waals surface area contributed by atoms with Crippen molar-refractivity contribution < 1.29 is 18.3 Å². The maximum absolute atomic E-state index is 12.4. The number of thioether (sulfide) groups is 1. The minimum Gasteiger partial charge on any atom is -0.434 e. The van der Waals surface area contributed by atoms with E-state index in [-0.39, 0.29) is 18.2 Å². The summed E-state index contributed by atoms with van der Waals surface area (Å²) >= 11 is 1.58. The highest BCUT2D eigenvalue weighted by molar-refractivity contribution is 7.99. The Labute approximate surface area is 138 Å². The van der Waals surface area contributed by atoms with Crippen molar-refractivity contribution in [3.8, 4) is 5.75 Å². The maximum Gasteiger partial charge on any atom is 0.387 e. The van der Waals surface area contributed by atoms with Crippen LogP contribution in [0.25, 0.3) is 0 Å². The molecule has 122 valence electrons. The second-order valence-electron chi connectivity index (χ2n) is 4.60. The summed E-state index contributed by atoms with van der Waals surface area (Å²) < 4.78 is 29.2. The van der Waals surface area contributed by atoms with Gasteiger partial charge in [-0.25, -0.2) is 0 Å². The lowest BCUT2D eigenvalue weighted by Gasteiger charge is -2.12. The van der Waals surface area contributed by atoms with Crippen LogP contribution < -0.4 is 10.1 Å². The molecular formula is C17H17F2NO2S. The molecular weight excluding hydrogens is 320 g/mol. The summed E-state index contributed by atoms with van der Waals surface area (Å²) in [4.78, 5) is 13.2. The fourth-order valence-electron chi connectivity index (χ4n) is 2.07. The van der Waals surface area contributed by atoms with Crippen molar-refractivity contribution in [2.24, 2.45) is 0 Å². The summed E-state index contributed by atoms with van der Waals surface area (Å²) in [6.07, 6.45) is 0. The maximum atomic E-state index is 12.4. The van der Waals surface area contributed by atoms with E-state index in [2.05, 4.69) is 10.1 Å². The van der Waals surface area contributed by atoms with Crippen molar-refractivity contribution >= 4 is 17.7 Å². The summed E-state index contributed by atoms with van der Waals surface area (Å²) in [5.74, 6) is 0.683. The van der Waals surface area contributed by atoms with Crippen LogP contribution in [0.5, 0.6) is 5.75 Å². The van der Waals surface area contributed by atoms with E-state index in [4.69, 9.17) is 0 Å². The molecule has 23 heavy (non-hydrogen) atoms. The number of nitrogens with one attached hydrogen (secondary N) is 1. The number of hydrogen-bond donors (Lipinski definition) is 1. The van der Waals surface area contributed by atoms with Crippen molar-refractivity contribution in [2.75, 3.05) is 5.75 Å². The van der Waals surface area contributed by atoms with Crippen LogP contribution in [0.3, 0.4) is 0 Å². The van der Waals surface area contributed by atoms with Crippen LogP contribution >= 0.6 is 11.8 Å². The SMILES string of the molecule is CCSc1ccccc1C(=O)NCc1ccccc1OC(F)F. The summed E-state index contributed by atoms with van der Waals surface area (Å²) in [7, 11) is 0. The Morgan fingerprint density at radius 2 is 1.87 bits per heavy atom. The molecule has 2 aromatic rings. The third kappa shape index (κ3) is 4.96. The third-order valence-electron chi connectivity index (χ3n) is 3.06. The lowest BCUT2D eigenvalue weighted by atomic mass is 10.1. The molecule has 0 unspecified atom stereocenters. The molecule has 3 nitrogen and oxygen atoms in total. The van der Waals surface area contributed by atoms with Gasteiger partial charge in [-0.1, -0.05) is 37.3 Å². The molecule has 0 fully saturated rings. The summed E-state index contributed by atoms with van der Waals surface area (Å²) in [5.41, 5.74) is 1.08. The average molecular weight is 337 g/mol. The molecule has 0 radical (unpaired) electrons. The van der Waals surface area contributed by atoms with Gasteiger partial charge in [0.2, 0.25) is 0 Å². The van der Waals surface area contributed by atoms with Crippen LogP contribution in [-0.4, -0.2) is 18.3 Å². The third-order valence-corrected chi connectivity index (χ3v) is 4.02. The van der Waals surface area contributed by atoms with Gasteiger partial charge in [0.15, 0.2) is 0 Å². The van der Waals surface area contributed by atoms with Crippen LogP contribution in [0.15, 0.2) is 53.4 Å². The normalized spacial score (nSPS) is 10.6. The standard InChI is InChI=1S/C17H17F2NO2S/c1-2-23-15-10-6-4-8-13(15)16(21)20-11-12-7-3-5-9-14(12)22-17(18)19/h3-10,17H,2,11H2,1H3,(H,20,21). The van der Waals surface area contributed by atoms with Crippen molar-refractivity contribution in [1.29, 1.82) is 0 Å². The van der Waals surface area contributed by atoms with Crippen molar-refractivity contribution in [3.05, 3.63) is 59.7 Å². The molecule has 0 heterocycles. The topological polar surface area (TPSA) is 38.3 Å². The number of ether oxygens (including phenoxy) is 1. The summed E-state index contributed by atoms with van der Waals surface area (Å²) in [5, 5.41) is 2.75.